The number of hydrogen-bond donors (Lipinski definition) is 1. The number of esters is 2. The maximum absolute atomic E-state index is 13.5. The van der Waals surface area contributed by atoms with Crippen LogP contribution in [0.5, 0.6) is 0 Å². The first-order chi connectivity index (χ1) is 14.8. The Hall–Kier alpha value is -3.86. The molecule has 0 aliphatic heterocycles. The van der Waals surface area contributed by atoms with Gasteiger partial charge in [0.15, 0.2) is 5.69 Å². The molecule has 3 rings (SSSR count). The molecule has 1 aromatic heterocycles. The number of benzene rings is 2. The summed E-state index contributed by atoms with van der Waals surface area (Å²) >= 11 is 0. The van der Waals surface area contributed by atoms with Crippen LogP contribution in [-0.4, -0.2) is 29.7 Å². The Morgan fingerprint density at radius 3 is 2.39 bits per heavy atom. The summed E-state index contributed by atoms with van der Waals surface area (Å²) in [4.78, 5) is 25.1. The predicted octanol–water partition coefficient (Wildman–Crippen LogP) is 3.95. The molecule has 2 N–H and O–H groups in total. The van der Waals surface area contributed by atoms with Crippen molar-refractivity contribution in [2.75, 3.05) is 18.9 Å². The van der Waals surface area contributed by atoms with E-state index in [1.807, 2.05) is 0 Å². The van der Waals surface area contributed by atoms with Gasteiger partial charge in [-0.2, -0.15) is 5.26 Å². The summed E-state index contributed by atoms with van der Waals surface area (Å²) in [6.07, 6.45) is 0. The lowest BCUT2D eigenvalue weighted by Gasteiger charge is -2.13. The van der Waals surface area contributed by atoms with Crippen molar-refractivity contribution < 1.29 is 23.5 Å². The van der Waals surface area contributed by atoms with Crippen molar-refractivity contribution in [2.45, 2.75) is 27.3 Å². The molecule has 0 amide bonds. The van der Waals surface area contributed by atoms with Gasteiger partial charge < -0.3 is 19.8 Å². The fourth-order valence-electron chi connectivity index (χ4n) is 3.71. The number of anilines is 1. The van der Waals surface area contributed by atoms with Gasteiger partial charge >= 0.3 is 11.9 Å². The number of nitriles is 1. The van der Waals surface area contributed by atoms with Crippen LogP contribution in [0.2, 0.25) is 0 Å². The molecule has 7 nitrogen and oxygen atoms in total. The molecule has 0 radical (unpaired) electrons. The van der Waals surface area contributed by atoms with Crippen molar-refractivity contribution in [1.29, 1.82) is 5.26 Å². The van der Waals surface area contributed by atoms with E-state index in [9.17, 15) is 19.2 Å². The first-order valence-corrected chi connectivity index (χ1v) is 9.78. The number of ether oxygens (including phenoxy) is 2. The molecule has 31 heavy (non-hydrogen) atoms. The van der Waals surface area contributed by atoms with Gasteiger partial charge in [0.2, 0.25) is 0 Å². The molecule has 3 aromatic rings. The SMILES string of the molecule is CCOC(=O)Cn1c(C(=O)OCC)c(N)c2c(-c3ccc(F)cc3)c(C)cc(C#N)c21. The molecule has 8 heteroatoms. The Morgan fingerprint density at radius 2 is 1.81 bits per heavy atom. The topological polar surface area (TPSA) is 107 Å². The number of halogens is 1. The van der Waals surface area contributed by atoms with Gasteiger partial charge in [0.1, 0.15) is 18.4 Å². The highest BCUT2D eigenvalue weighted by Gasteiger charge is 2.28. The van der Waals surface area contributed by atoms with E-state index in [-0.39, 0.29) is 36.7 Å². The fourth-order valence-corrected chi connectivity index (χ4v) is 3.71. The van der Waals surface area contributed by atoms with Crippen molar-refractivity contribution in [1.82, 2.24) is 4.57 Å². The van der Waals surface area contributed by atoms with Crippen LogP contribution >= 0.6 is 0 Å². The van der Waals surface area contributed by atoms with Gasteiger partial charge in [0, 0.05) is 5.39 Å². The van der Waals surface area contributed by atoms with Crippen molar-refractivity contribution >= 4 is 28.5 Å². The molecule has 0 saturated heterocycles. The van der Waals surface area contributed by atoms with E-state index in [0.717, 1.165) is 0 Å². The molecule has 160 valence electrons. The van der Waals surface area contributed by atoms with Crippen LogP contribution in [0.25, 0.3) is 22.0 Å². The molecule has 2 aromatic carbocycles. The van der Waals surface area contributed by atoms with Crippen LogP contribution in [0, 0.1) is 24.1 Å². The summed E-state index contributed by atoms with van der Waals surface area (Å²) in [5, 5.41) is 10.2. The maximum atomic E-state index is 13.5. The Morgan fingerprint density at radius 1 is 1.16 bits per heavy atom. The smallest absolute Gasteiger partial charge is 0.357 e. The second-order valence-corrected chi connectivity index (χ2v) is 6.83. The predicted molar refractivity (Wildman–Crippen MR) is 114 cm³/mol. The molecule has 0 saturated carbocycles. The zero-order valence-electron chi connectivity index (χ0n) is 17.5. The standard InChI is InChI=1S/C23H22FN3O4/c1-4-30-17(28)12-27-21-15(11-25)10-13(3)18(14-6-8-16(24)9-7-14)19(21)20(26)22(27)23(29)31-5-2/h6-10H,4-5,12,26H2,1-3H3. The average molecular weight is 423 g/mol. The largest absolute Gasteiger partial charge is 0.465 e. The van der Waals surface area contributed by atoms with Crippen molar-refractivity contribution in [2.24, 2.45) is 0 Å². The Balaban J connectivity index is 2.44. The van der Waals surface area contributed by atoms with E-state index < -0.39 is 17.8 Å². The van der Waals surface area contributed by atoms with Crippen LogP contribution in [0.4, 0.5) is 10.1 Å². The van der Waals surface area contributed by atoms with Crippen LogP contribution in [0.3, 0.4) is 0 Å². The number of carbonyl (C=O) groups is 2. The first kappa shape index (κ1) is 21.8. The van der Waals surface area contributed by atoms with Gasteiger partial charge in [-0.1, -0.05) is 12.1 Å². The zero-order valence-corrected chi connectivity index (χ0v) is 17.5. The molecule has 0 fully saturated rings. The van der Waals surface area contributed by atoms with Crippen LogP contribution in [-0.2, 0) is 20.8 Å². The minimum Gasteiger partial charge on any atom is -0.465 e. The van der Waals surface area contributed by atoms with E-state index in [1.54, 1.807) is 39.0 Å². The minimum absolute atomic E-state index is 0.0321. The quantitative estimate of drug-likeness (QED) is 0.602. The fraction of sp³-hybridized carbons (Fsp3) is 0.261. The molecule has 0 bridgehead atoms. The second kappa shape index (κ2) is 8.88. The third kappa shape index (κ3) is 3.94. The van der Waals surface area contributed by atoms with E-state index in [4.69, 9.17) is 15.2 Å². The van der Waals surface area contributed by atoms with Gasteiger partial charge in [-0.05, 0) is 55.7 Å². The number of nitrogens with two attached hydrogens (primary N) is 1. The highest BCUT2D eigenvalue weighted by molar-refractivity contribution is 6.14. The van der Waals surface area contributed by atoms with Crippen LogP contribution in [0.1, 0.15) is 35.5 Å². The number of rotatable bonds is 6. The number of aromatic nitrogens is 1. The number of aryl methyl sites for hydroxylation is 1. The summed E-state index contributed by atoms with van der Waals surface area (Å²) in [6, 6.07) is 9.58. The van der Waals surface area contributed by atoms with Crippen LogP contribution in [0.15, 0.2) is 30.3 Å². The lowest BCUT2D eigenvalue weighted by atomic mass is 9.93. The van der Waals surface area contributed by atoms with Gasteiger partial charge in [0.25, 0.3) is 0 Å². The third-order valence-electron chi connectivity index (χ3n) is 4.88. The van der Waals surface area contributed by atoms with Crippen molar-refractivity contribution in [3.8, 4) is 17.2 Å². The maximum Gasteiger partial charge on any atom is 0.357 e. The van der Waals surface area contributed by atoms with Crippen molar-refractivity contribution in [3.63, 3.8) is 0 Å². The Kier molecular flexibility index (Phi) is 6.25. The molecule has 0 aliphatic rings. The number of carbonyl (C=O) groups excluding carboxylic acids is 2. The molecular weight excluding hydrogens is 401 g/mol. The number of nitrogens with zero attached hydrogens (tertiary/aromatic N) is 2. The number of hydrogen-bond acceptors (Lipinski definition) is 6. The molecule has 0 atom stereocenters. The Labute approximate surface area is 178 Å². The molecular formula is C23H22FN3O4. The molecule has 0 aliphatic carbocycles. The third-order valence-corrected chi connectivity index (χ3v) is 4.88. The van der Waals surface area contributed by atoms with E-state index >= 15 is 0 Å². The normalized spacial score (nSPS) is 10.7. The average Bonchev–Trinajstić information content (AvgIpc) is 3.01. The monoisotopic (exact) mass is 423 g/mol. The van der Waals surface area contributed by atoms with E-state index in [1.165, 1.54) is 16.7 Å². The molecule has 1 heterocycles. The summed E-state index contributed by atoms with van der Waals surface area (Å²) in [5.74, 6) is -1.70. The van der Waals surface area contributed by atoms with Gasteiger partial charge in [-0.15, -0.1) is 0 Å². The second-order valence-electron chi connectivity index (χ2n) is 6.83. The van der Waals surface area contributed by atoms with E-state index in [2.05, 4.69) is 6.07 Å². The molecule has 0 spiro atoms. The van der Waals surface area contributed by atoms with Crippen molar-refractivity contribution in [3.05, 3.63) is 53.0 Å². The first-order valence-electron chi connectivity index (χ1n) is 9.78. The zero-order chi connectivity index (χ0) is 22.7. The van der Waals surface area contributed by atoms with Crippen LogP contribution < -0.4 is 5.73 Å². The van der Waals surface area contributed by atoms with E-state index in [0.29, 0.717) is 27.6 Å². The Bertz CT molecular complexity index is 1210. The summed E-state index contributed by atoms with van der Waals surface area (Å²) < 4.78 is 25.1. The number of nitrogen functional groups attached to an aromatic ring is 1. The summed E-state index contributed by atoms with van der Waals surface area (Å²) in [5.41, 5.74) is 9.04. The van der Waals surface area contributed by atoms with Gasteiger partial charge in [-0.25, -0.2) is 9.18 Å². The minimum atomic E-state index is -0.716. The summed E-state index contributed by atoms with van der Waals surface area (Å²) in [7, 11) is 0. The highest BCUT2D eigenvalue weighted by atomic mass is 19.1. The molecule has 0 unspecified atom stereocenters. The van der Waals surface area contributed by atoms with Gasteiger partial charge in [-0.3, -0.25) is 4.79 Å². The lowest BCUT2D eigenvalue weighted by molar-refractivity contribution is -0.143. The van der Waals surface area contributed by atoms with Gasteiger partial charge in [0.05, 0.1) is 30.0 Å². The lowest BCUT2D eigenvalue weighted by Crippen LogP contribution is -2.19. The summed E-state index contributed by atoms with van der Waals surface area (Å²) in [6.45, 7) is 5.06. The highest BCUT2D eigenvalue weighted by Crippen LogP contribution is 2.41. The number of fused-ring (bicyclic) bond motifs is 1.